The van der Waals surface area contributed by atoms with Crippen molar-refractivity contribution in [2.45, 2.75) is 6.92 Å². The molecule has 2 heteroatoms. The van der Waals surface area contributed by atoms with Crippen molar-refractivity contribution in [2.75, 3.05) is 0 Å². The Morgan fingerprint density at radius 3 is 1.71 bits per heavy atom. The molecule has 0 aromatic heterocycles. The van der Waals surface area contributed by atoms with Gasteiger partial charge in [-0.2, -0.15) is 0 Å². The van der Waals surface area contributed by atoms with Crippen LogP contribution in [0.15, 0.2) is 24.8 Å². The van der Waals surface area contributed by atoms with Crippen molar-refractivity contribution in [1.82, 2.24) is 0 Å². The topological polar surface area (TPSA) is 34.1 Å². The minimum absolute atomic E-state index is 1.02. The van der Waals surface area contributed by atoms with Crippen LogP contribution >= 0.6 is 0 Å². The SMILES string of the molecule is C=CC(=C)C.O=O. The van der Waals surface area contributed by atoms with Gasteiger partial charge in [-0.3, -0.25) is 0 Å². The number of hydrogen-bond acceptors (Lipinski definition) is 2. The Balaban J connectivity index is 0. The number of rotatable bonds is 1. The second kappa shape index (κ2) is 8.91. The lowest BCUT2D eigenvalue weighted by molar-refractivity contribution is 1.58. The van der Waals surface area contributed by atoms with Gasteiger partial charge in [0, 0.05) is 9.93 Å². The predicted molar refractivity (Wildman–Crippen MR) is 31.7 cm³/mol. The predicted octanol–water partition coefficient (Wildman–Crippen LogP) is 1.82. The fraction of sp³-hybridized carbons (Fsp3) is 0.200. The largest absolute Gasteiger partial charge is 0.0988 e. The summed E-state index contributed by atoms with van der Waals surface area (Å²) in [4.78, 5) is 14.0. The van der Waals surface area contributed by atoms with Gasteiger partial charge in [0.15, 0.2) is 0 Å². The highest BCUT2D eigenvalue weighted by Crippen LogP contribution is 1.81. The van der Waals surface area contributed by atoms with Crippen LogP contribution < -0.4 is 0 Å². The van der Waals surface area contributed by atoms with Gasteiger partial charge in [0.1, 0.15) is 0 Å². The third-order valence-electron chi connectivity index (χ3n) is 0.348. The molecule has 0 aromatic rings. The molecule has 0 saturated heterocycles. The van der Waals surface area contributed by atoms with Gasteiger partial charge in [-0.15, -0.1) is 0 Å². The van der Waals surface area contributed by atoms with E-state index in [0.29, 0.717) is 0 Å². The standard InChI is InChI=1S/C5H8.O2/c1-4-5(2)3;1-2/h4H,1-2H2,3H3;. The number of allylic oxidation sites excluding steroid dienone is 2. The van der Waals surface area contributed by atoms with Crippen LogP contribution in [0.3, 0.4) is 0 Å². The Labute approximate surface area is 42.8 Å². The molecule has 0 saturated carbocycles. The molecule has 0 aromatic carbocycles. The van der Waals surface area contributed by atoms with E-state index in [4.69, 9.17) is 9.93 Å². The van der Waals surface area contributed by atoms with E-state index in [1.54, 1.807) is 6.08 Å². The summed E-state index contributed by atoms with van der Waals surface area (Å²) in [6.45, 7) is 8.93. The van der Waals surface area contributed by atoms with E-state index in [0.717, 1.165) is 5.57 Å². The van der Waals surface area contributed by atoms with Crippen molar-refractivity contribution in [3.8, 4) is 0 Å². The van der Waals surface area contributed by atoms with Crippen molar-refractivity contribution in [3.63, 3.8) is 0 Å². The van der Waals surface area contributed by atoms with Gasteiger partial charge in [-0.25, -0.2) is 0 Å². The first kappa shape index (κ1) is 9.43. The van der Waals surface area contributed by atoms with E-state index in [1.807, 2.05) is 6.92 Å². The van der Waals surface area contributed by atoms with Crippen molar-refractivity contribution in [3.05, 3.63) is 34.7 Å². The molecule has 0 aliphatic heterocycles. The normalized spacial score (nSPS) is 5.29. The van der Waals surface area contributed by atoms with Gasteiger partial charge in [0.25, 0.3) is 0 Å². The van der Waals surface area contributed by atoms with Gasteiger partial charge < -0.3 is 0 Å². The molecule has 0 unspecified atom stereocenters. The molecule has 0 rings (SSSR count). The van der Waals surface area contributed by atoms with Gasteiger partial charge in [-0.1, -0.05) is 24.8 Å². The lowest BCUT2D eigenvalue weighted by Crippen LogP contribution is -1.50. The van der Waals surface area contributed by atoms with Crippen LogP contribution in [0.25, 0.3) is 0 Å². The molecular weight excluding hydrogens is 92.1 g/mol. The van der Waals surface area contributed by atoms with Crippen molar-refractivity contribution >= 4 is 0 Å². The van der Waals surface area contributed by atoms with Gasteiger partial charge in [-0.05, 0) is 6.92 Å². The monoisotopic (exact) mass is 100 g/mol. The summed E-state index contributed by atoms with van der Waals surface area (Å²) < 4.78 is 0. The maximum atomic E-state index is 7.00. The summed E-state index contributed by atoms with van der Waals surface area (Å²) in [5, 5.41) is 0. The van der Waals surface area contributed by atoms with Crippen LogP contribution in [-0.2, 0) is 0 Å². The van der Waals surface area contributed by atoms with Crippen molar-refractivity contribution in [2.24, 2.45) is 0 Å². The molecule has 0 N–H and O–H groups in total. The smallest absolute Gasteiger partial charge is 0 e. The highest BCUT2D eigenvalue weighted by atomic mass is 16.7. The molecule has 2 nitrogen and oxygen atoms in total. The second-order valence-electron chi connectivity index (χ2n) is 1.05. The molecule has 0 atom stereocenters. The van der Waals surface area contributed by atoms with E-state index < -0.39 is 0 Å². The Morgan fingerprint density at radius 1 is 1.57 bits per heavy atom. The van der Waals surface area contributed by atoms with Crippen LogP contribution in [0.2, 0.25) is 0 Å². The average Bonchev–Trinajstić information content (AvgIpc) is 1.73. The summed E-state index contributed by atoms with van der Waals surface area (Å²) in [5.74, 6) is 0. The zero-order valence-electron chi connectivity index (χ0n) is 4.31. The Bertz CT molecular complexity index is 66.5. The highest BCUT2D eigenvalue weighted by molar-refractivity contribution is 5.05. The van der Waals surface area contributed by atoms with Crippen molar-refractivity contribution in [1.29, 1.82) is 0 Å². The first-order valence-electron chi connectivity index (χ1n) is 1.72. The Kier molecular flexibility index (Phi) is 12.0. The van der Waals surface area contributed by atoms with Gasteiger partial charge in [0.05, 0.1) is 0 Å². The molecule has 7 heavy (non-hydrogen) atoms. The molecule has 0 bridgehead atoms. The third kappa shape index (κ3) is 41.3. The molecule has 0 spiro atoms. The first-order chi connectivity index (χ1) is 3.27. The van der Waals surface area contributed by atoms with Crippen LogP contribution in [0.1, 0.15) is 6.92 Å². The van der Waals surface area contributed by atoms with Crippen LogP contribution in [0.5, 0.6) is 0 Å². The Morgan fingerprint density at radius 2 is 1.71 bits per heavy atom. The van der Waals surface area contributed by atoms with E-state index in [2.05, 4.69) is 13.2 Å². The van der Waals surface area contributed by atoms with E-state index >= 15 is 0 Å². The second-order valence-corrected chi connectivity index (χ2v) is 1.05. The lowest BCUT2D eigenvalue weighted by atomic mass is 10.4. The van der Waals surface area contributed by atoms with Crippen LogP contribution in [0.4, 0.5) is 0 Å². The molecule has 0 amide bonds. The first-order valence-corrected chi connectivity index (χ1v) is 1.72. The minimum Gasteiger partial charge on any atom is -0.0988 e. The summed E-state index contributed by atoms with van der Waals surface area (Å²) in [6, 6.07) is 0. The molecule has 40 valence electrons. The van der Waals surface area contributed by atoms with Gasteiger partial charge >= 0.3 is 0 Å². The molecule has 0 fully saturated rings. The van der Waals surface area contributed by atoms with E-state index in [9.17, 15) is 0 Å². The molecular formula is C5H8O2. The fourth-order valence-electron chi connectivity index (χ4n) is 0. The van der Waals surface area contributed by atoms with Gasteiger partial charge in [0.2, 0.25) is 0 Å². The summed E-state index contributed by atoms with van der Waals surface area (Å²) >= 11 is 0. The summed E-state index contributed by atoms with van der Waals surface area (Å²) in [5.41, 5.74) is 1.02. The number of hydrogen-bond donors (Lipinski definition) is 0. The zero-order chi connectivity index (χ0) is 6.28. The molecule has 0 radical (unpaired) electrons. The van der Waals surface area contributed by atoms with Crippen LogP contribution in [0, 0.1) is 9.93 Å². The maximum absolute atomic E-state index is 7.00. The summed E-state index contributed by atoms with van der Waals surface area (Å²) in [6.07, 6.45) is 1.72. The quantitative estimate of drug-likeness (QED) is 0.471. The van der Waals surface area contributed by atoms with Crippen molar-refractivity contribution < 1.29 is 0 Å². The third-order valence-corrected chi connectivity index (χ3v) is 0.348. The maximum Gasteiger partial charge on any atom is 0 e. The molecule has 0 heterocycles. The lowest BCUT2D eigenvalue weighted by Gasteiger charge is -1.71. The highest BCUT2D eigenvalue weighted by Gasteiger charge is 1.59. The molecule has 0 aliphatic rings. The van der Waals surface area contributed by atoms with Crippen LogP contribution in [-0.4, -0.2) is 0 Å². The van der Waals surface area contributed by atoms with E-state index in [-0.39, 0.29) is 0 Å². The average molecular weight is 100 g/mol. The minimum atomic E-state index is 1.02. The summed E-state index contributed by atoms with van der Waals surface area (Å²) in [7, 11) is 0. The Hall–Kier alpha value is -0.920. The van der Waals surface area contributed by atoms with E-state index in [1.165, 1.54) is 0 Å². The fourth-order valence-corrected chi connectivity index (χ4v) is 0. The molecule has 0 aliphatic carbocycles. The zero-order valence-corrected chi connectivity index (χ0v) is 4.31.